The van der Waals surface area contributed by atoms with E-state index >= 15 is 0 Å². The number of hydrogen-bond donors (Lipinski definition) is 1. The standard InChI is InChI=1S/C15H25N3OS2/c1-2-12-14(21-9-8-20-12)15-17-13(19-18-15)6-5-11-4-3-7-16-10-11/h11-12,14,16H,2-10H2,1H3. The van der Waals surface area contributed by atoms with Crippen LogP contribution in [0.3, 0.4) is 0 Å². The Labute approximate surface area is 135 Å². The second kappa shape index (κ2) is 7.88. The van der Waals surface area contributed by atoms with Gasteiger partial charge in [-0.15, -0.1) is 11.8 Å². The molecule has 2 aliphatic rings. The molecule has 1 N–H and O–H groups in total. The third-order valence-electron chi connectivity index (χ3n) is 4.36. The Balaban J connectivity index is 1.55. The molecule has 0 radical (unpaired) electrons. The van der Waals surface area contributed by atoms with Crippen molar-refractivity contribution in [2.24, 2.45) is 5.92 Å². The van der Waals surface area contributed by atoms with Crippen LogP contribution >= 0.6 is 23.5 Å². The maximum atomic E-state index is 5.50. The topological polar surface area (TPSA) is 51.0 Å². The highest BCUT2D eigenvalue weighted by Crippen LogP contribution is 2.42. The number of piperidine rings is 1. The average Bonchev–Trinajstić information content (AvgIpc) is 3.02. The number of nitrogens with zero attached hydrogens (tertiary/aromatic N) is 2. The van der Waals surface area contributed by atoms with E-state index in [1.165, 1.54) is 43.7 Å². The molecule has 0 aromatic carbocycles. The fraction of sp³-hybridized carbons (Fsp3) is 0.867. The van der Waals surface area contributed by atoms with Crippen molar-refractivity contribution in [1.29, 1.82) is 0 Å². The van der Waals surface area contributed by atoms with Crippen LogP contribution in [0.1, 0.15) is 49.6 Å². The minimum Gasteiger partial charge on any atom is -0.339 e. The first kappa shape index (κ1) is 15.7. The minimum atomic E-state index is 0.419. The van der Waals surface area contributed by atoms with Crippen molar-refractivity contribution in [3.8, 4) is 0 Å². The van der Waals surface area contributed by atoms with Gasteiger partial charge in [-0.05, 0) is 44.7 Å². The molecule has 118 valence electrons. The number of aryl methyl sites for hydroxylation is 1. The van der Waals surface area contributed by atoms with Gasteiger partial charge >= 0.3 is 0 Å². The molecule has 21 heavy (non-hydrogen) atoms. The predicted octanol–water partition coefficient (Wildman–Crippen LogP) is 3.30. The van der Waals surface area contributed by atoms with Gasteiger partial charge in [-0.3, -0.25) is 0 Å². The molecule has 3 unspecified atom stereocenters. The van der Waals surface area contributed by atoms with E-state index in [1.807, 2.05) is 11.8 Å². The monoisotopic (exact) mass is 327 g/mol. The summed E-state index contributed by atoms with van der Waals surface area (Å²) in [5, 5.41) is 8.79. The van der Waals surface area contributed by atoms with E-state index in [0.717, 1.165) is 30.6 Å². The summed E-state index contributed by atoms with van der Waals surface area (Å²) in [6.45, 7) is 4.58. The summed E-state index contributed by atoms with van der Waals surface area (Å²) in [7, 11) is 0. The van der Waals surface area contributed by atoms with Crippen molar-refractivity contribution in [2.45, 2.75) is 49.5 Å². The Morgan fingerprint density at radius 3 is 3.05 bits per heavy atom. The molecule has 0 amide bonds. The van der Waals surface area contributed by atoms with E-state index in [1.54, 1.807) is 0 Å². The summed E-state index contributed by atoms with van der Waals surface area (Å²) in [5.41, 5.74) is 0. The molecule has 2 fully saturated rings. The van der Waals surface area contributed by atoms with Gasteiger partial charge < -0.3 is 9.84 Å². The lowest BCUT2D eigenvalue weighted by atomic mass is 9.95. The van der Waals surface area contributed by atoms with Gasteiger partial charge in [-0.2, -0.15) is 16.7 Å². The molecule has 2 aliphatic heterocycles. The molecule has 3 rings (SSSR count). The fourth-order valence-electron chi connectivity index (χ4n) is 3.13. The molecule has 3 heterocycles. The van der Waals surface area contributed by atoms with E-state index in [4.69, 9.17) is 4.52 Å². The smallest absolute Gasteiger partial charge is 0.226 e. The Kier molecular flexibility index (Phi) is 5.89. The van der Waals surface area contributed by atoms with Gasteiger partial charge in [-0.1, -0.05) is 12.1 Å². The van der Waals surface area contributed by atoms with Crippen molar-refractivity contribution in [3.05, 3.63) is 11.7 Å². The zero-order valence-electron chi connectivity index (χ0n) is 12.7. The summed E-state index contributed by atoms with van der Waals surface area (Å²) >= 11 is 4.05. The van der Waals surface area contributed by atoms with Gasteiger partial charge in [0.25, 0.3) is 0 Å². The second-order valence-corrected chi connectivity index (χ2v) is 8.50. The van der Waals surface area contributed by atoms with E-state index in [2.05, 4.69) is 34.1 Å². The minimum absolute atomic E-state index is 0.419. The van der Waals surface area contributed by atoms with Crippen LogP contribution in [0.4, 0.5) is 0 Å². The molecule has 0 aliphatic carbocycles. The molecule has 0 bridgehead atoms. The second-order valence-electron chi connectivity index (χ2n) is 5.91. The highest BCUT2D eigenvalue weighted by Gasteiger charge is 2.30. The van der Waals surface area contributed by atoms with Crippen LogP contribution in [0.5, 0.6) is 0 Å². The zero-order valence-corrected chi connectivity index (χ0v) is 14.3. The van der Waals surface area contributed by atoms with Crippen molar-refractivity contribution < 1.29 is 4.52 Å². The molecular weight excluding hydrogens is 302 g/mol. The van der Waals surface area contributed by atoms with Crippen LogP contribution in [-0.2, 0) is 6.42 Å². The zero-order chi connectivity index (χ0) is 14.5. The largest absolute Gasteiger partial charge is 0.339 e. The van der Waals surface area contributed by atoms with E-state index in [-0.39, 0.29) is 0 Å². The van der Waals surface area contributed by atoms with Gasteiger partial charge in [0.15, 0.2) is 5.82 Å². The molecule has 3 atom stereocenters. The van der Waals surface area contributed by atoms with E-state index in [0.29, 0.717) is 10.5 Å². The third-order valence-corrected chi connectivity index (χ3v) is 7.60. The first-order valence-corrected chi connectivity index (χ1v) is 10.2. The highest BCUT2D eigenvalue weighted by atomic mass is 32.2. The molecule has 4 nitrogen and oxygen atoms in total. The van der Waals surface area contributed by atoms with Crippen molar-refractivity contribution in [1.82, 2.24) is 15.5 Å². The average molecular weight is 328 g/mol. The van der Waals surface area contributed by atoms with Crippen LogP contribution in [-0.4, -0.2) is 40.0 Å². The van der Waals surface area contributed by atoms with Crippen LogP contribution in [0.25, 0.3) is 0 Å². The molecule has 1 aromatic rings. The molecule has 6 heteroatoms. The summed E-state index contributed by atoms with van der Waals surface area (Å²) < 4.78 is 5.50. The van der Waals surface area contributed by atoms with Gasteiger partial charge in [0.1, 0.15) is 0 Å². The normalized spacial score (nSPS) is 30.4. The number of nitrogens with one attached hydrogen (secondary N) is 1. The van der Waals surface area contributed by atoms with Crippen LogP contribution in [0, 0.1) is 5.92 Å². The number of rotatable bonds is 5. The van der Waals surface area contributed by atoms with Crippen LogP contribution in [0.2, 0.25) is 0 Å². The molecule has 2 saturated heterocycles. The van der Waals surface area contributed by atoms with Gasteiger partial charge in [0, 0.05) is 23.2 Å². The van der Waals surface area contributed by atoms with Gasteiger partial charge in [0.2, 0.25) is 5.89 Å². The Hall–Kier alpha value is -0.200. The Bertz CT molecular complexity index is 434. The van der Waals surface area contributed by atoms with Crippen molar-refractivity contribution >= 4 is 23.5 Å². The van der Waals surface area contributed by atoms with Crippen LogP contribution in [0.15, 0.2) is 4.52 Å². The van der Waals surface area contributed by atoms with Crippen molar-refractivity contribution in [3.63, 3.8) is 0 Å². The molecular formula is C15H25N3OS2. The summed E-state index contributed by atoms with van der Waals surface area (Å²) in [5.74, 6) is 4.98. The molecule has 1 aromatic heterocycles. The lowest BCUT2D eigenvalue weighted by Crippen LogP contribution is -2.29. The quantitative estimate of drug-likeness (QED) is 0.895. The van der Waals surface area contributed by atoms with Gasteiger partial charge in [-0.25, -0.2) is 0 Å². The first-order valence-electron chi connectivity index (χ1n) is 8.13. The molecule has 0 spiro atoms. The van der Waals surface area contributed by atoms with Crippen LogP contribution < -0.4 is 5.32 Å². The molecule has 0 saturated carbocycles. The number of aromatic nitrogens is 2. The Morgan fingerprint density at radius 2 is 2.24 bits per heavy atom. The van der Waals surface area contributed by atoms with Crippen molar-refractivity contribution in [2.75, 3.05) is 24.6 Å². The lowest BCUT2D eigenvalue weighted by Gasteiger charge is -2.27. The summed E-state index contributed by atoms with van der Waals surface area (Å²) in [6.07, 6.45) is 5.91. The third kappa shape index (κ3) is 4.17. The van der Waals surface area contributed by atoms with Gasteiger partial charge in [0.05, 0.1) is 5.25 Å². The summed E-state index contributed by atoms with van der Waals surface area (Å²) in [6, 6.07) is 0. The van der Waals surface area contributed by atoms with E-state index < -0.39 is 0 Å². The first-order chi connectivity index (χ1) is 10.4. The maximum Gasteiger partial charge on any atom is 0.226 e. The predicted molar refractivity (Wildman–Crippen MR) is 89.9 cm³/mol. The lowest BCUT2D eigenvalue weighted by molar-refractivity contribution is 0.325. The fourth-order valence-corrected chi connectivity index (χ4v) is 6.11. The highest BCUT2D eigenvalue weighted by molar-refractivity contribution is 8.06. The maximum absolute atomic E-state index is 5.50. The number of hydrogen-bond acceptors (Lipinski definition) is 6. The summed E-state index contributed by atoms with van der Waals surface area (Å²) in [4.78, 5) is 4.68. The SMILES string of the molecule is CCC1SCCSC1c1noc(CCC2CCCNC2)n1. The number of thioether (sulfide) groups is 2. The Morgan fingerprint density at radius 1 is 1.33 bits per heavy atom. The van der Waals surface area contributed by atoms with E-state index in [9.17, 15) is 0 Å².